The Morgan fingerprint density at radius 1 is 1.32 bits per heavy atom. The molecule has 4 heteroatoms. The van der Waals surface area contributed by atoms with Crippen molar-refractivity contribution in [1.82, 2.24) is 10.2 Å². The summed E-state index contributed by atoms with van der Waals surface area (Å²) in [5, 5.41) is 12.8. The molecule has 0 heterocycles. The Kier molecular flexibility index (Phi) is 4.85. The van der Waals surface area contributed by atoms with E-state index in [1.54, 1.807) is 0 Å². The van der Waals surface area contributed by atoms with E-state index in [1.165, 1.54) is 12.8 Å². The molecule has 1 unspecified atom stereocenters. The number of carbonyl (C=O) groups is 1. The van der Waals surface area contributed by atoms with Gasteiger partial charge in [-0.1, -0.05) is 6.92 Å². The Morgan fingerprint density at radius 3 is 2.47 bits per heavy atom. The number of nitrogens with zero attached hydrogens (tertiary/aromatic N) is 1. The van der Waals surface area contributed by atoms with Crippen LogP contribution in [0.25, 0.3) is 0 Å². The van der Waals surface area contributed by atoms with Crippen LogP contribution < -0.4 is 5.32 Å². The molecule has 0 aromatic carbocycles. The van der Waals surface area contributed by atoms with E-state index in [1.807, 2.05) is 6.92 Å². The number of aliphatic carboxylic acids is 1. The Bertz CT molecular complexity index is 313. The van der Waals surface area contributed by atoms with Gasteiger partial charge in [0.25, 0.3) is 0 Å². The van der Waals surface area contributed by atoms with Gasteiger partial charge in [-0.15, -0.1) is 0 Å². The molecule has 2 saturated carbocycles. The van der Waals surface area contributed by atoms with Crippen molar-refractivity contribution in [3.05, 3.63) is 0 Å². The highest BCUT2D eigenvalue weighted by molar-refractivity contribution is 5.78. The molecule has 110 valence electrons. The molecule has 4 nitrogen and oxygen atoms in total. The molecule has 1 atom stereocenters. The lowest BCUT2D eigenvalue weighted by molar-refractivity contribution is -0.144. The molecule has 0 aromatic heterocycles. The van der Waals surface area contributed by atoms with Gasteiger partial charge in [0.1, 0.15) is 5.54 Å². The SMILES string of the molecule is CCCN(CCC(C)(NC1CC1)C(=O)O)CC1CC1. The summed E-state index contributed by atoms with van der Waals surface area (Å²) in [4.78, 5) is 14.0. The molecule has 0 aliphatic heterocycles. The van der Waals surface area contributed by atoms with Gasteiger partial charge in [-0.05, 0) is 57.9 Å². The van der Waals surface area contributed by atoms with E-state index in [0.29, 0.717) is 12.5 Å². The van der Waals surface area contributed by atoms with Crippen molar-refractivity contribution >= 4 is 5.97 Å². The van der Waals surface area contributed by atoms with Crippen molar-refractivity contribution in [3.63, 3.8) is 0 Å². The van der Waals surface area contributed by atoms with Gasteiger partial charge in [-0.25, -0.2) is 0 Å². The van der Waals surface area contributed by atoms with E-state index >= 15 is 0 Å². The molecular weight excluding hydrogens is 240 g/mol. The number of hydrogen-bond acceptors (Lipinski definition) is 3. The summed E-state index contributed by atoms with van der Waals surface area (Å²) in [7, 11) is 0. The molecule has 2 rings (SSSR count). The van der Waals surface area contributed by atoms with E-state index in [4.69, 9.17) is 0 Å². The van der Waals surface area contributed by atoms with Crippen LogP contribution in [-0.2, 0) is 4.79 Å². The second-order valence-corrected chi connectivity index (χ2v) is 6.55. The summed E-state index contributed by atoms with van der Waals surface area (Å²) >= 11 is 0. The minimum Gasteiger partial charge on any atom is -0.480 e. The summed E-state index contributed by atoms with van der Waals surface area (Å²) in [6.45, 7) is 7.18. The lowest BCUT2D eigenvalue weighted by Crippen LogP contribution is -2.52. The summed E-state index contributed by atoms with van der Waals surface area (Å²) < 4.78 is 0. The van der Waals surface area contributed by atoms with E-state index < -0.39 is 11.5 Å². The second kappa shape index (κ2) is 6.23. The zero-order valence-corrected chi connectivity index (χ0v) is 12.3. The largest absolute Gasteiger partial charge is 0.480 e. The minimum atomic E-state index is -0.753. The third-order valence-electron chi connectivity index (χ3n) is 4.25. The Labute approximate surface area is 116 Å². The first kappa shape index (κ1) is 14.8. The van der Waals surface area contributed by atoms with Gasteiger partial charge in [0.2, 0.25) is 0 Å². The topological polar surface area (TPSA) is 52.6 Å². The van der Waals surface area contributed by atoms with Crippen LogP contribution >= 0.6 is 0 Å². The number of carboxylic acids is 1. The van der Waals surface area contributed by atoms with Gasteiger partial charge < -0.3 is 10.0 Å². The van der Waals surface area contributed by atoms with Gasteiger partial charge >= 0.3 is 5.97 Å². The third-order valence-corrected chi connectivity index (χ3v) is 4.25. The third kappa shape index (κ3) is 4.77. The molecule has 0 spiro atoms. The van der Waals surface area contributed by atoms with Gasteiger partial charge in [-0.2, -0.15) is 0 Å². The maximum atomic E-state index is 11.5. The zero-order chi connectivity index (χ0) is 13.9. The van der Waals surface area contributed by atoms with Crippen LogP contribution in [0.2, 0.25) is 0 Å². The molecule has 2 aliphatic carbocycles. The standard InChI is InChI=1S/C15H28N2O2/c1-3-9-17(11-12-4-5-12)10-8-15(2,14(18)19)16-13-6-7-13/h12-13,16H,3-11H2,1-2H3,(H,18,19). The lowest BCUT2D eigenvalue weighted by atomic mass is 9.97. The maximum Gasteiger partial charge on any atom is 0.323 e. The Hall–Kier alpha value is -0.610. The number of nitrogens with one attached hydrogen (secondary N) is 1. The average Bonchev–Trinajstić information content (AvgIpc) is 3.22. The normalized spacial score (nSPS) is 22.5. The lowest BCUT2D eigenvalue weighted by Gasteiger charge is -2.30. The van der Waals surface area contributed by atoms with Gasteiger partial charge in [0.15, 0.2) is 0 Å². The highest BCUT2D eigenvalue weighted by atomic mass is 16.4. The number of hydrogen-bond donors (Lipinski definition) is 2. The van der Waals surface area contributed by atoms with Crippen LogP contribution in [0.5, 0.6) is 0 Å². The van der Waals surface area contributed by atoms with Crippen molar-refractivity contribution < 1.29 is 9.90 Å². The quantitative estimate of drug-likeness (QED) is 0.637. The van der Waals surface area contributed by atoms with E-state index in [2.05, 4.69) is 17.1 Å². The molecule has 0 radical (unpaired) electrons. The minimum absolute atomic E-state index is 0.434. The summed E-state index contributed by atoms with van der Waals surface area (Å²) in [5.74, 6) is 0.168. The van der Waals surface area contributed by atoms with Crippen LogP contribution in [0.3, 0.4) is 0 Å². The maximum absolute atomic E-state index is 11.5. The molecule has 0 saturated heterocycles. The molecule has 2 N–H and O–H groups in total. The van der Waals surface area contributed by atoms with Gasteiger partial charge in [0, 0.05) is 19.1 Å². The van der Waals surface area contributed by atoms with Crippen molar-refractivity contribution in [2.75, 3.05) is 19.6 Å². The fourth-order valence-corrected chi connectivity index (χ4v) is 2.58. The van der Waals surface area contributed by atoms with E-state index in [-0.39, 0.29) is 0 Å². The van der Waals surface area contributed by atoms with E-state index in [0.717, 1.165) is 44.8 Å². The summed E-state index contributed by atoms with van der Waals surface area (Å²) in [5.41, 5.74) is -0.753. The first-order valence-corrected chi connectivity index (χ1v) is 7.77. The fraction of sp³-hybridized carbons (Fsp3) is 0.933. The smallest absolute Gasteiger partial charge is 0.323 e. The Morgan fingerprint density at radius 2 is 2.00 bits per heavy atom. The molecule has 0 bridgehead atoms. The zero-order valence-electron chi connectivity index (χ0n) is 12.3. The van der Waals surface area contributed by atoms with Crippen LogP contribution in [0, 0.1) is 5.92 Å². The molecule has 19 heavy (non-hydrogen) atoms. The number of carboxylic acid groups (broad SMARTS) is 1. The van der Waals surface area contributed by atoms with Crippen molar-refractivity contribution in [1.29, 1.82) is 0 Å². The first-order valence-electron chi connectivity index (χ1n) is 7.77. The van der Waals surface area contributed by atoms with Crippen molar-refractivity contribution in [2.24, 2.45) is 5.92 Å². The van der Waals surface area contributed by atoms with Crippen molar-refractivity contribution in [3.8, 4) is 0 Å². The average molecular weight is 268 g/mol. The molecule has 2 fully saturated rings. The molecule has 0 aromatic rings. The van der Waals surface area contributed by atoms with Crippen LogP contribution in [0.1, 0.15) is 52.4 Å². The predicted molar refractivity (Wildman–Crippen MR) is 76.3 cm³/mol. The second-order valence-electron chi connectivity index (χ2n) is 6.55. The monoisotopic (exact) mass is 268 g/mol. The van der Waals surface area contributed by atoms with Gasteiger partial charge in [-0.3, -0.25) is 10.1 Å². The fourth-order valence-electron chi connectivity index (χ4n) is 2.58. The highest BCUT2D eigenvalue weighted by Crippen LogP contribution is 2.30. The summed E-state index contributed by atoms with van der Waals surface area (Å²) in [6, 6.07) is 0.434. The van der Waals surface area contributed by atoms with Crippen LogP contribution in [0.15, 0.2) is 0 Å². The van der Waals surface area contributed by atoms with Crippen molar-refractivity contribution in [2.45, 2.75) is 64.0 Å². The summed E-state index contributed by atoms with van der Waals surface area (Å²) in [6.07, 6.45) is 6.82. The predicted octanol–water partition coefficient (Wildman–Crippen LogP) is 2.09. The Balaban J connectivity index is 1.82. The number of rotatable bonds is 10. The molecule has 0 amide bonds. The van der Waals surface area contributed by atoms with Crippen LogP contribution in [0.4, 0.5) is 0 Å². The van der Waals surface area contributed by atoms with Crippen LogP contribution in [-0.4, -0.2) is 47.2 Å². The molecule has 2 aliphatic rings. The van der Waals surface area contributed by atoms with E-state index in [9.17, 15) is 9.90 Å². The molecular formula is C15H28N2O2. The first-order chi connectivity index (χ1) is 9.03. The highest BCUT2D eigenvalue weighted by Gasteiger charge is 2.38. The van der Waals surface area contributed by atoms with Gasteiger partial charge in [0.05, 0.1) is 0 Å².